The summed E-state index contributed by atoms with van der Waals surface area (Å²) in [5, 5.41) is 6.74. The molecule has 19 heteroatoms. The minimum absolute atomic E-state index is 0.0216. The lowest BCUT2D eigenvalue weighted by Crippen LogP contribution is -2.50. The van der Waals surface area contributed by atoms with E-state index in [1.165, 1.54) is 36.5 Å². The molecule has 15 nitrogen and oxygen atoms in total. The van der Waals surface area contributed by atoms with Gasteiger partial charge in [0.05, 0.1) is 39.6 Å². The number of rotatable bonds is 12. The van der Waals surface area contributed by atoms with Crippen LogP contribution in [0.3, 0.4) is 0 Å². The van der Waals surface area contributed by atoms with E-state index in [-0.39, 0.29) is 56.3 Å². The Hall–Kier alpha value is -5.23. The number of nitrogens with zero attached hydrogens (tertiary/aromatic N) is 6. The number of ether oxygens (including phenoxy) is 4. The van der Waals surface area contributed by atoms with Crippen molar-refractivity contribution in [3.63, 3.8) is 0 Å². The second-order valence-corrected chi connectivity index (χ2v) is 18.6. The Balaban J connectivity index is 1.24. The molecular weight excluding hydrogens is 822 g/mol. The van der Waals surface area contributed by atoms with E-state index in [1.807, 2.05) is 25.7 Å². The van der Waals surface area contributed by atoms with Crippen LogP contribution in [0.25, 0.3) is 0 Å². The zero-order valence-electron chi connectivity index (χ0n) is 34.1. The average Bonchev–Trinajstić information content (AvgIpc) is 3.53. The van der Waals surface area contributed by atoms with E-state index in [0.717, 1.165) is 38.4 Å². The smallest absolute Gasteiger partial charge is 0.463 e. The highest BCUT2D eigenvalue weighted by Gasteiger charge is 2.45. The van der Waals surface area contributed by atoms with Crippen molar-refractivity contribution >= 4 is 50.8 Å². The number of nitrogens with one attached hydrogen (secondary N) is 2. The summed E-state index contributed by atoms with van der Waals surface area (Å²) in [4.78, 5) is 34.9. The molecule has 1 amide bonds. The Morgan fingerprint density at radius 2 is 1.72 bits per heavy atom. The first kappa shape index (κ1) is 42.9. The van der Waals surface area contributed by atoms with Crippen LogP contribution < -0.4 is 29.7 Å². The lowest BCUT2D eigenvalue weighted by molar-refractivity contribution is -0.287. The quantitative estimate of drug-likeness (QED) is 0.140. The van der Waals surface area contributed by atoms with Gasteiger partial charge < -0.3 is 39.4 Å². The van der Waals surface area contributed by atoms with E-state index in [1.54, 1.807) is 23.1 Å². The maximum atomic E-state index is 14.4. The molecule has 7 rings (SSSR count). The number of fused-ring (bicyclic) bond motifs is 1. The van der Waals surface area contributed by atoms with Crippen molar-refractivity contribution in [1.82, 2.24) is 24.8 Å². The highest BCUT2D eigenvalue weighted by atomic mass is 35.5. The SMILES string of the molecule is CCC1CCC(COc2nc(Nc3cc(S(C)(=O)=O)ccc3N[C@@H](c3cccc4c3OC(F)(F)O4)c3ncccc3Cl)nc(N3CCN(C(=O)OC(C)(C)C)CC3)n2)CC1. The molecule has 60 heavy (non-hydrogen) atoms. The number of alkyl halides is 2. The van der Waals surface area contributed by atoms with Crippen molar-refractivity contribution in [3.8, 4) is 17.5 Å². The first-order chi connectivity index (χ1) is 28.4. The molecule has 1 saturated carbocycles. The number of hydrogen-bond donors (Lipinski definition) is 2. The van der Waals surface area contributed by atoms with Crippen LogP contribution in [0.5, 0.6) is 17.5 Å². The van der Waals surface area contributed by atoms with E-state index in [4.69, 9.17) is 40.5 Å². The minimum Gasteiger partial charge on any atom is -0.463 e. The number of halogens is 3. The standard InChI is InChI=1S/C41H49ClF2N8O7S/c1-6-25-12-14-26(15-13-25)24-56-38-49-36(48-37(50-38)51-19-21-52(22-20-51)39(53)59-40(2,3)4)47-31-23-27(60(5,54)55)16-17-30(31)46-33(34-29(42)10-8-18-45-34)28-9-7-11-32-35(28)58-41(43,44)57-32/h7-11,16-18,23,25-26,33,46H,6,12-15,19-22,24H2,1-5H3,(H,47,48,49,50)/t25?,26?,33-/m0/s1. The minimum atomic E-state index is -3.91. The normalized spacial score (nSPS) is 19.4. The van der Waals surface area contributed by atoms with Gasteiger partial charge in [0.1, 0.15) is 5.60 Å². The summed E-state index contributed by atoms with van der Waals surface area (Å²) in [5.41, 5.74) is 0.358. The van der Waals surface area contributed by atoms with Crippen molar-refractivity contribution < 1.29 is 40.9 Å². The number of aromatic nitrogens is 4. The number of anilines is 4. The van der Waals surface area contributed by atoms with Gasteiger partial charge in [-0.2, -0.15) is 15.0 Å². The number of carbonyl (C=O) groups excluding carboxylic acids is 1. The second-order valence-electron chi connectivity index (χ2n) is 16.2. The Bertz CT molecular complexity index is 2300. The van der Waals surface area contributed by atoms with E-state index in [2.05, 4.69) is 27.5 Å². The predicted molar refractivity (Wildman–Crippen MR) is 221 cm³/mol. The van der Waals surface area contributed by atoms with Gasteiger partial charge in [0.25, 0.3) is 0 Å². The summed E-state index contributed by atoms with van der Waals surface area (Å²) < 4.78 is 76.2. The Kier molecular flexibility index (Phi) is 12.4. The molecule has 4 aromatic rings. The molecule has 2 aromatic heterocycles. The lowest BCUT2D eigenvalue weighted by atomic mass is 9.81. The van der Waals surface area contributed by atoms with Crippen LogP contribution in [0, 0.1) is 11.8 Å². The molecule has 4 heterocycles. The first-order valence-electron chi connectivity index (χ1n) is 19.9. The molecule has 322 valence electrons. The molecule has 3 aliphatic rings. The van der Waals surface area contributed by atoms with Gasteiger partial charge in [-0.3, -0.25) is 4.98 Å². The molecule has 0 bridgehead atoms. The monoisotopic (exact) mass is 870 g/mol. The predicted octanol–water partition coefficient (Wildman–Crippen LogP) is 8.24. The third-order valence-corrected chi connectivity index (χ3v) is 12.0. The van der Waals surface area contributed by atoms with Crippen LogP contribution in [-0.4, -0.2) is 90.3 Å². The van der Waals surface area contributed by atoms with Crippen LogP contribution in [0.15, 0.2) is 59.6 Å². The van der Waals surface area contributed by atoms with E-state index in [9.17, 15) is 22.0 Å². The fourth-order valence-electron chi connectivity index (χ4n) is 7.40. The Morgan fingerprint density at radius 1 is 0.983 bits per heavy atom. The van der Waals surface area contributed by atoms with Gasteiger partial charge in [-0.15, -0.1) is 8.78 Å². The van der Waals surface area contributed by atoms with Gasteiger partial charge >= 0.3 is 18.4 Å². The van der Waals surface area contributed by atoms with E-state index >= 15 is 0 Å². The maximum absolute atomic E-state index is 14.4. The van der Waals surface area contributed by atoms with Crippen LogP contribution in [-0.2, 0) is 14.6 Å². The highest BCUT2D eigenvalue weighted by molar-refractivity contribution is 7.90. The fourth-order valence-corrected chi connectivity index (χ4v) is 8.28. The number of hydrogen-bond acceptors (Lipinski definition) is 14. The van der Waals surface area contributed by atoms with Crippen LogP contribution >= 0.6 is 11.6 Å². The van der Waals surface area contributed by atoms with Crippen LogP contribution in [0.1, 0.15) is 77.1 Å². The summed E-state index contributed by atoms with van der Waals surface area (Å²) in [6.45, 7) is 9.55. The fraction of sp³-hybridized carbons (Fsp3) is 0.488. The van der Waals surface area contributed by atoms with Gasteiger partial charge in [-0.1, -0.05) is 49.9 Å². The summed E-state index contributed by atoms with van der Waals surface area (Å²) in [6.07, 6.45) is 3.74. The van der Waals surface area contributed by atoms with E-state index in [0.29, 0.717) is 50.3 Å². The molecule has 2 fully saturated rings. The number of carbonyl (C=O) groups is 1. The number of piperazine rings is 1. The van der Waals surface area contributed by atoms with Gasteiger partial charge in [0.15, 0.2) is 21.3 Å². The zero-order chi connectivity index (χ0) is 42.8. The molecular formula is C41H49ClF2N8O7S. The van der Waals surface area contributed by atoms with Gasteiger partial charge in [-0.05, 0) is 81.8 Å². The number of sulfone groups is 1. The highest BCUT2D eigenvalue weighted by Crippen LogP contribution is 2.48. The van der Waals surface area contributed by atoms with Crippen molar-refractivity contribution in [2.24, 2.45) is 11.8 Å². The molecule has 1 saturated heterocycles. The third-order valence-electron chi connectivity index (χ3n) is 10.6. The molecule has 2 N–H and O–H groups in total. The first-order valence-corrected chi connectivity index (χ1v) is 22.2. The average molecular weight is 871 g/mol. The second kappa shape index (κ2) is 17.4. The molecule has 2 aliphatic heterocycles. The number of amides is 1. The van der Waals surface area contributed by atoms with Crippen LogP contribution in [0.4, 0.5) is 36.8 Å². The van der Waals surface area contributed by atoms with Crippen LogP contribution in [0.2, 0.25) is 5.02 Å². The van der Waals surface area contributed by atoms with Gasteiger partial charge in [-0.25, -0.2) is 13.2 Å². The number of benzene rings is 2. The Morgan fingerprint density at radius 3 is 2.40 bits per heavy atom. The molecule has 0 spiro atoms. The molecule has 1 atom stereocenters. The molecule has 0 radical (unpaired) electrons. The largest absolute Gasteiger partial charge is 0.586 e. The zero-order valence-corrected chi connectivity index (χ0v) is 35.7. The summed E-state index contributed by atoms with van der Waals surface area (Å²) in [5.74, 6) is 0.959. The molecule has 2 aromatic carbocycles. The Labute approximate surface area is 353 Å². The van der Waals surface area contributed by atoms with E-state index < -0.39 is 33.9 Å². The van der Waals surface area contributed by atoms with Gasteiger partial charge in [0.2, 0.25) is 11.9 Å². The van der Waals surface area contributed by atoms with Gasteiger partial charge in [0, 0.05) is 44.2 Å². The molecule has 1 aliphatic carbocycles. The third kappa shape index (κ3) is 10.4. The van der Waals surface area contributed by atoms with Crippen molar-refractivity contribution in [2.75, 3.05) is 54.6 Å². The number of pyridine rings is 1. The summed E-state index contributed by atoms with van der Waals surface area (Å²) in [7, 11) is -3.73. The summed E-state index contributed by atoms with van der Waals surface area (Å²) >= 11 is 6.67. The molecule has 0 unspecified atom stereocenters. The van der Waals surface area contributed by atoms with Crippen molar-refractivity contribution in [2.45, 2.75) is 82.6 Å². The topological polar surface area (TPSA) is 170 Å². The number of para-hydroxylation sites is 1. The lowest BCUT2D eigenvalue weighted by Gasteiger charge is -2.35. The summed E-state index contributed by atoms with van der Waals surface area (Å²) in [6, 6.07) is 11.1. The van der Waals surface area contributed by atoms with Crippen molar-refractivity contribution in [3.05, 3.63) is 71.0 Å². The maximum Gasteiger partial charge on any atom is 0.586 e. The van der Waals surface area contributed by atoms with Crippen molar-refractivity contribution in [1.29, 1.82) is 0 Å².